The monoisotopic (exact) mass is 531 g/mol. The van der Waals surface area contributed by atoms with Crippen LogP contribution in [-0.2, 0) is 15.7 Å². The van der Waals surface area contributed by atoms with Crippen molar-refractivity contribution >= 4 is 11.9 Å². The lowest BCUT2D eigenvalue weighted by atomic mass is 10.0. The molecule has 0 aliphatic carbocycles. The largest absolute Gasteiger partial charge is 0.464 e. The minimum atomic E-state index is -4.72. The SMILES string of the molecule is CCCCCCCCCCCCCCCCOC(=O)C(NC(=O)c1cc(C(F)(F)F)ccc1F)C(C)C. The third-order valence-corrected chi connectivity index (χ3v) is 6.49. The van der Waals surface area contributed by atoms with Crippen LogP contribution in [0, 0.1) is 11.7 Å². The van der Waals surface area contributed by atoms with Gasteiger partial charge in [0.05, 0.1) is 17.7 Å². The number of hydrogen-bond acceptors (Lipinski definition) is 3. The zero-order valence-electron chi connectivity index (χ0n) is 22.7. The van der Waals surface area contributed by atoms with E-state index >= 15 is 0 Å². The van der Waals surface area contributed by atoms with Gasteiger partial charge in [-0.2, -0.15) is 13.2 Å². The molecule has 4 nitrogen and oxygen atoms in total. The molecular weight excluding hydrogens is 486 g/mol. The highest BCUT2D eigenvalue weighted by molar-refractivity contribution is 5.97. The van der Waals surface area contributed by atoms with Gasteiger partial charge in [0.15, 0.2) is 0 Å². The Kier molecular flexibility index (Phi) is 16.2. The molecule has 0 aliphatic rings. The molecule has 1 aromatic rings. The maximum Gasteiger partial charge on any atom is 0.416 e. The average molecular weight is 532 g/mol. The van der Waals surface area contributed by atoms with Crippen LogP contribution in [0.2, 0.25) is 0 Å². The number of nitrogens with one attached hydrogen (secondary N) is 1. The molecule has 0 aliphatic heterocycles. The highest BCUT2D eigenvalue weighted by Crippen LogP contribution is 2.30. The molecular formula is C29H45F4NO3. The first-order valence-corrected chi connectivity index (χ1v) is 13.9. The molecule has 0 saturated carbocycles. The highest BCUT2D eigenvalue weighted by atomic mass is 19.4. The number of ether oxygens (including phenoxy) is 1. The zero-order valence-corrected chi connectivity index (χ0v) is 22.7. The van der Waals surface area contributed by atoms with Crippen molar-refractivity contribution in [3.8, 4) is 0 Å². The third kappa shape index (κ3) is 13.8. The predicted molar refractivity (Wildman–Crippen MR) is 139 cm³/mol. The third-order valence-electron chi connectivity index (χ3n) is 6.49. The number of carbonyl (C=O) groups excluding carboxylic acids is 2. The lowest BCUT2D eigenvalue weighted by Gasteiger charge is -2.21. The lowest BCUT2D eigenvalue weighted by Crippen LogP contribution is -2.45. The van der Waals surface area contributed by atoms with Gasteiger partial charge in [-0.15, -0.1) is 0 Å². The van der Waals surface area contributed by atoms with Crippen molar-refractivity contribution in [1.29, 1.82) is 0 Å². The number of rotatable bonds is 19. The first kappa shape index (κ1) is 32.9. The molecule has 1 aromatic carbocycles. The van der Waals surface area contributed by atoms with Crippen molar-refractivity contribution < 1.29 is 31.9 Å². The number of amides is 1. The molecule has 1 unspecified atom stereocenters. The highest BCUT2D eigenvalue weighted by Gasteiger charge is 2.33. The molecule has 212 valence electrons. The Balaban J connectivity index is 2.27. The van der Waals surface area contributed by atoms with Gasteiger partial charge in [-0.05, 0) is 30.5 Å². The quantitative estimate of drug-likeness (QED) is 0.110. The van der Waals surface area contributed by atoms with E-state index in [4.69, 9.17) is 4.74 Å². The second-order valence-corrected chi connectivity index (χ2v) is 10.2. The standard InChI is InChI=1S/C29H45F4NO3/c1-4-5-6-7-8-9-10-11-12-13-14-15-16-17-20-37-28(36)26(22(2)3)34-27(35)24-21-23(29(31,32)33)18-19-25(24)30/h18-19,21-22,26H,4-17,20H2,1-3H3,(H,34,35). The number of alkyl halides is 3. The van der Waals surface area contributed by atoms with Crippen LogP contribution in [0.25, 0.3) is 0 Å². The van der Waals surface area contributed by atoms with Gasteiger partial charge < -0.3 is 10.1 Å². The van der Waals surface area contributed by atoms with Crippen LogP contribution in [0.4, 0.5) is 17.6 Å². The molecule has 1 amide bonds. The van der Waals surface area contributed by atoms with Crippen LogP contribution < -0.4 is 5.32 Å². The smallest absolute Gasteiger partial charge is 0.416 e. The normalized spacial score (nSPS) is 12.5. The van der Waals surface area contributed by atoms with Gasteiger partial charge in [0.2, 0.25) is 0 Å². The van der Waals surface area contributed by atoms with E-state index in [1.165, 1.54) is 64.2 Å². The van der Waals surface area contributed by atoms with Gasteiger partial charge >= 0.3 is 12.1 Å². The van der Waals surface area contributed by atoms with Crippen molar-refractivity contribution in [3.05, 3.63) is 35.1 Å². The minimum absolute atomic E-state index is 0.202. The van der Waals surface area contributed by atoms with Crippen LogP contribution in [0.1, 0.15) is 127 Å². The topological polar surface area (TPSA) is 55.4 Å². The fourth-order valence-electron chi connectivity index (χ4n) is 4.15. The van der Waals surface area contributed by atoms with Crippen LogP contribution in [-0.4, -0.2) is 24.5 Å². The van der Waals surface area contributed by atoms with Gasteiger partial charge in [0, 0.05) is 0 Å². The Hall–Kier alpha value is -2.12. The van der Waals surface area contributed by atoms with Crippen molar-refractivity contribution in [2.75, 3.05) is 6.61 Å². The fourth-order valence-corrected chi connectivity index (χ4v) is 4.15. The fraction of sp³-hybridized carbons (Fsp3) is 0.724. The molecule has 0 bridgehead atoms. The summed E-state index contributed by atoms with van der Waals surface area (Å²) < 4.78 is 58.1. The van der Waals surface area contributed by atoms with Crippen LogP contribution >= 0.6 is 0 Å². The number of carbonyl (C=O) groups is 2. The first-order chi connectivity index (χ1) is 17.6. The van der Waals surface area contributed by atoms with Crippen molar-refractivity contribution in [3.63, 3.8) is 0 Å². The van der Waals surface area contributed by atoms with E-state index in [1.807, 2.05) is 0 Å². The predicted octanol–water partition coefficient (Wildman–Crippen LogP) is 8.62. The molecule has 1 rings (SSSR count). The molecule has 37 heavy (non-hydrogen) atoms. The number of esters is 1. The maximum absolute atomic E-state index is 14.0. The van der Waals surface area contributed by atoms with E-state index in [2.05, 4.69) is 12.2 Å². The number of hydrogen-bond donors (Lipinski definition) is 1. The van der Waals surface area contributed by atoms with Gasteiger partial charge in [-0.1, -0.05) is 104 Å². The molecule has 0 heterocycles. The minimum Gasteiger partial charge on any atom is -0.464 e. The van der Waals surface area contributed by atoms with Crippen molar-refractivity contribution in [1.82, 2.24) is 5.32 Å². The molecule has 1 N–H and O–H groups in total. The summed E-state index contributed by atoms with van der Waals surface area (Å²) in [5.41, 5.74) is -1.90. The summed E-state index contributed by atoms with van der Waals surface area (Å²) in [6.07, 6.45) is 12.2. The summed E-state index contributed by atoms with van der Waals surface area (Å²) in [5, 5.41) is 2.33. The summed E-state index contributed by atoms with van der Waals surface area (Å²) in [5.74, 6) is -3.24. The van der Waals surface area contributed by atoms with Gasteiger partial charge in [-0.25, -0.2) is 9.18 Å². The molecule has 8 heteroatoms. The summed E-state index contributed by atoms with van der Waals surface area (Å²) in [4.78, 5) is 24.9. The van der Waals surface area contributed by atoms with Gasteiger partial charge in [-0.3, -0.25) is 4.79 Å². The molecule has 0 spiro atoms. The second kappa shape index (κ2) is 18.2. The first-order valence-electron chi connectivity index (χ1n) is 13.9. The van der Waals surface area contributed by atoms with Crippen LogP contribution in [0.5, 0.6) is 0 Å². The molecule has 0 fully saturated rings. The van der Waals surface area contributed by atoms with E-state index in [9.17, 15) is 27.2 Å². The van der Waals surface area contributed by atoms with Crippen molar-refractivity contribution in [2.24, 2.45) is 5.92 Å². The molecule has 1 atom stereocenters. The van der Waals surface area contributed by atoms with E-state index in [1.54, 1.807) is 13.8 Å². The van der Waals surface area contributed by atoms with Crippen LogP contribution in [0.3, 0.4) is 0 Å². The van der Waals surface area contributed by atoms with Gasteiger partial charge in [0.1, 0.15) is 11.9 Å². The number of unbranched alkanes of at least 4 members (excludes halogenated alkanes) is 13. The summed E-state index contributed by atoms with van der Waals surface area (Å²) >= 11 is 0. The average Bonchev–Trinajstić information content (AvgIpc) is 2.84. The zero-order chi connectivity index (χ0) is 27.7. The molecule has 0 saturated heterocycles. The maximum atomic E-state index is 14.0. The van der Waals surface area contributed by atoms with Crippen molar-refractivity contribution in [2.45, 2.75) is 123 Å². The Morgan fingerprint density at radius 3 is 1.78 bits per heavy atom. The summed E-state index contributed by atoms with van der Waals surface area (Å²) in [6, 6.07) is 0.516. The second-order valence-electron chi connectivity index (χ2n) is 10.2. The molecule has 0 aromatic heterocycles. The van der Waals surface area contributed by atoms with Gasteiger partial charge in [0.25, 0.3) is 5.91 Å². The van der Waals surface area contributed by atoms with E-state index < -0.39 is 41.0 Å². The Morgan fingerprint density at radius 1 is 0.838 bits per heavy atom. The van der Waals surface area contributed by atoms with Crippen LogP contribution in [0.15, 0.2) is 18.2 Å². The summed E-state index contributed by atoms with van der Waals surface area (Å²) in [7, 11) is 0. The molecule has 0 radical (unpaired) electrons. The lowest BCUT2D eigenvalue weighted by molar-refractivity contribution is -0.147. The Labute approximate surface area is 219 Å². The van der Waals surface area contributed by atoms with E-state index in [-0.39, 0.29) is 12.5 Å². The number of benzene rings is 1. The Morgan fingerprint density at radius 2 is 1.32 bits per heavy atom. The van der Waals surface area contributed by atoms with E-state index in [0.29, 0.717) is 24.6 Å². The van der Waals surface area contributed by atoms with E-state index in [0.717, 1.165) is 19.3 Å². The number of halogens is 4. The summed E-state index contributed by atoms with van der Waals surface area (Å²) in [6.45, 7) is 5.77. The Bertz CT molecular complexity index is 796.